The predicted octanol–water partition coefficient (Wildman–Crippen LogP) is 1.70. The second-order valence-corrected chi connectivity index (χ2v) is 5.55. The second kappa shape index (κ2) is 6.68. The lowest BCUT2D eigenvalue weighted by Gasteiger charge is -2.29. The highest BCUT2D eigenvalue weighted by atomic mass is 16.5. The van der Waals surface area contributed by atoms with Gasteiger partial charge >= 0.3 is 5.97 Å². The standard InChI is InChI=1S/C14H24O5/c1-17-7-2-8-18-9-5-14(13(15)16)6-10-19-12(14)11-3-4-11/h11-12H,2-10H2,1H3,(H,15,16). The van der Waals surface area contributed by atoms with Crippen LogP contribution in [0.2, 0.25) is 0 Å². The molecule has 1 saturated heterocycles. The Morgan fingerprint density at radius 2 is 2.16 bits per heavy atom. The second-order valence-electron chi connectivity index (χ2n) is 5.55. The molecule has 0 aromatic heterocycles. The average molecular weight is 272 g/mol. The van der Waals surface area contributed by atoms with Crippen molar-refractivity contribution >= 4 is 5.97 Å². The van der Waals surface area contributed by atoms with E-state index in [0.717, 1.165) is 19.3 Å². The molecule has 5 heteroatoms. The first kappa shape index (κ1) is 14.8. The monoisotopic (exact) mass is 272 g/mol. The van der Waals surface area contributed by atoms with Crippen molar-refractivity contribution in [2.75, 3.05) is 33.5 Å². The van der Waals surface area contributed by atoms with E-state index in [0.29, 0.717) is 45.2 Å². The van der Waals surface area contributed by atoms with Gasteiger partial charge in [0.2, 0.25) is 0 Å². The van der Waals surface area contributed by atoms with Crippen LogP contribution in [0.4, 0.5) is 0 Å². The van der Waals surface area contributed by atoms with Crippen LogP contribution in [0, 0.1) is 11.3 Å². The molecule has 2 rings (SSSR count). The highest BCUT2D eigenvalue weighted by Crippen LogP contribution is 2.49. The summed E-state index contributed by atoms with van der Waals surface area (Å²) < 4.78 is 16.2. The van der Waals surface area contributed by atoms with Crippen LogP contribution < -0.4 is 0 Å². The van der Waals surface area contributed by atoms with Gasteiger partial charge in [0.25, 0.3) is 0 Å². The molecule has 0 aromatic rings. The first-order valence-corrected chi connectivity index (χ1v) is 7.12. The number of hydrogen-bond acceptors (Lipinski definition) is 4. The van der Waals surface area contributed by atoms with E-state index < -0.39 is 11.4 Å². The van der Waals surface area contributed by atoms with E-state index in [1.165, 1.54) is 0 Å². The summed E-state index contributed by atoms with van der Waals surface area (Å²) in [5, 5.41) is 9.60. The van der Waals surface area contributed by atoms with Crippen molar-refractivity contribution < 1.29 is 24.1 Å². The Morgan fingerprint density at radius 1 is 1.37 bits per heavy atom. The Kier molecular flexibility index (Phi) is 5.19. The highest BCUT2D eigenvalue weighted by molar-refractivity contribution is 5.76. The van der Waals surface area contributed by atoms with E-state index in [-0.39, 0.29) is 6.10 Å². The minimum atomic E-state index is -0.720. The molecule has 0 aromatic carbocycles. The molecule has 1 aliphatic heterocycles. The van der Waals surface area contributed by atoms with Crippen LogP contribution >= 0.6 is 0 Å². The Hall–Kier alpha value is -0.650. The molecule has 0 amide bonds. The van der Waals surface area contributed by atoms with Gasteiger partial charge in [0.05, 0.1) is 11.5 Å². The van der Waals surface area contributed by atoms with Crippen LogP contribution in [-0.4, -0.2) is 50.7 Å². The van der Waals surface area contributed by atoms with Gasteiger partial charge in [-0.1, -0.05) is 0 Å². The Labute approximate surface area is 114 Å². The zero-order valence-electron chi connectivity index (χ0n) is 11.6. The summed E-state index contributed by atoms with van der Waals surface area (Å²) in [4.78, 5) is 11.7. The number of rotatable bonds is 9. The van der Waals surface area contributed by atoms with E-state index in [9.17, 15) is 9.90 Å². The number of methoxy groups -OCH3 is 1. The molecule has 2 unspecified atom stereocenters. The normalized spacial score (nSPS) is 30.7. The zero-order valence-corrected chi connectivity index (χ0v) is 11.6. The topological polar surface area (TPSA) is 65.0 Å². The first-order chi connectivity index (χ1) is 9.20. The van der Waals surface area contributed by atoms with Crippen LogP contribution in [-0.2, 0) is 19.0 Å². The van der Waals surface area contributed by atoms with Crippen LogP contribution in [0.3, 0.4) is 0 Å². The van der Waals surface area contributed by atoms with Crippen molar-refractivity contribution in [1.29, 1.82) is 0 Å². The molecule has 1 aliphatic carbocycles. The van der Waals surface area contributed by atoms with E-state index in [1.54, 1.807) is 7.11 Å². The summed E-state index contributed by atoms with van der Waals surface area (Å²) in [6, 6.07) is 0. The van der Waals surface area contributed by atoms with E-state index in [2.05, 4.69) is 0 Å². The van der Waals surface area contributed by atoms with Crippen LogP contribution in [0.1, 0.15) is 32.1 Å². The summed E-state index contributed by atoms with van der Waals surface area (Å²) in [5.41, 5.74) is -0.720. The summed E-state index contributed by atoms with van der Waals surface area (Å²) in [6.07, 6.45) is 4.12. The van der Waals surface area contributed by atoms with Gasteiger partial charge < -0.3 is 19.3 Å². The SMILES string of the molecule is COCCCOCCC1(C(=O)O)CCOC1C1CC1. The highest BCUT2D eigenvalue weighted by Gasteiger charge is 2.55. The molecule has 5 nitrogen and oxygen atoms in total. The van der Waals surface area contributed by atoms with E-state index in [1.807, 2.05) is 0 Å². The molecule has 110 valence electrons. The summed E-state index contributed by atoms with van der Waals surface area (Å²) in [5.74, 6) is -0.269. The lowest BCUT2D eigenvalue weighted by atomic mass is 9.76. The van der Waals surface area contributed by atoms with E-state index >= 15 is 0 Å². The Balaban J connectivity index is 1.80. The number of carboxylic acid groups (broad SMARTS) is 1. The fourth-order valence-electron chi connectivity index (χ4n) is 2.92. The van der Waals surface area contributed by atoms with Crippen LogP contribution in [0.15, 0.2) is 0 Å². The molecular formula is C14H24O5. The maximum atomic E-state index is 11.7. The smallest absolute Gasteiger partial charge is 0.312 e. The molecule has 0 spiro atoms. The summed E-state index contributed by atoms with van der Waals surface area (Å²) in [6.45, 7) is 2.36. The minimum Gasteiger partial charge on any atom is -0.481 e. The molecule has 2 aliphatic rings. The fourth-order valence-corrected chi connectivity index (χ4v) is 2.92. The molecule has 2 fully saturated rings. The molecule has 0 bridgehead atoms. The largest absolute Gasteiger partial charge is 0.481 e. The van der Waals surface area contributed by atoms with E-state index in [4.69, 9.17) is 14.2 Å². The third-order valence-corrected chi connectivity index (χ3v) is 4.20. The molecule has 19 heavy (non-hydrogen) atoms. The van der Waals surface area contributed by atoms with Gasteiger partial charge in [-0.3, -0.25) is 4.79 Å². The number of carbonyl (C=O) groups is 1. The lowest BCUT2D eigenvalue weighted by Crippen LogP contribution is -2.41. The Morgan fingerprint density at radius 3 is 2.79 bits per heavy atom. The molecule has 2 atom stereocenters. The van der Waals surface area contributed by atoms with Crippen molar-refractivity contribution in [2.45, 2.75) is 38.2 Å². The molecule has 0 radical (unpaired) electrons. The number of ether oxygens (including phenoxy) is 3. The van der Waals surface area contributed by atoms with Crippen molar-refractivity contribution in [3.8, 4) is 0 Å². The third-order valence-electron chi connectivity index (χ3n) is 4.20. The fraction of sp³-hybridized carbons (Fsp3) is 0.929. The molecule has 1 saturated carbocycles. The van der Waals surface area contributed by atoms with Gasteiger partial charge in [0.1, 0.15) is 0 Å². The molecular weight excluding hydrogens is 248 g/mol. The van der Waals surface area contributed by atoms with Gasteiger partial charge in [0, 0.05) is 33.5 Å². The van der Waals surface area contributed by atoms with Crippen LogP contribution in [0.25, 0.3) is 0 Å². The summed E-state index contributed by atoms with van der Waals surface area (Å²) >= 11 is 0. The van der Waals surface area contributed by atoms with Gasteiger partial charge in [-0.05, 0) is 38.0 Å². The van der Waals surface area contributed by atoms with Crippen molar-refractivity contribution in [1.82, 2.24) is 0 Å². The van der Waals surface area contributed by atoms with Gasteiger partial charge in [-0.15, -0.1) is 0 Å². The van der Waals surface area contributed by atoms with Gasteiger partial charge in [-0.25, -0.2) is 0 Å². The molecule has 1 N–H and O–H groups in total. The number of hydrogen-bond donors (Lipinski definition) is 1. The zero-order chi connectivity index (χ0) is 13.7. The van der Waals surface area contributed by atoms with Crippen molar-refractivity contribution in [3.63, 3.8) is 0 Å². The van der Waals surface area contributed by atoms with Crippen LogP contribution in [0.5, 0.6) is 0 Å². The Bertz CT molecular complexity index is 302. The van der Waals surface area contributed by atoms with Gasteiger partial charge in [0.15, 0.2) is 0 Å². The maximum Gasteiger partial charge on any atom is 0.312 e. The predicted molar refractivity (Wildman–Crippen MR) is 69.1 cm³/mol. The maximum absolute atomic E-state index is 11.7. The quantitative estimate of drug-likeness (QED) is 0.647. The summed E-state index contributed by atoms with van der Waals surface area (Å²) in [7, 11) is 1.66. The van der Waals surface area contributed by atoms with Crippen molar-refractivity contribution in [3.05, 3.63) is 0 Å². The lowest BCUT2D eigenvalue weighted by molar-refractivity contribution is -0.155. The van der Waals surface area contributed by atoms with Crippen molar-refractivity contribution in [2.24, 2.45) is 11.3 Å². The minimum absolute atomic E-state index is 0.104. The average Bonchev–Trinajstić information content (AvgIpc) is 3.14. The number of aliphatic carboxylic acids is 1. The van der Waals surface area contributed by atoms with Gasteiger partial charge in [-0.2, -0.15) is 0 Å². The third kappa shape index (κ3) is 3.46. The number of carboxylic acids is 1. The first-order valence-electron chi connectivity index (χ1n) is 7.12. The molecule has 1 heterocycles.